The van der Waals surface area contributed by atoms with Crippen LogP contribution in [0.4, 0.5) is 4.79 Å². The molecule has 0 aromatic heterocycles. The van der Waals surface area contributed by atoms with Crippen LogP contribution in [0.3, 0.4) is 0 Å². The fourth-order valence-corrected chi connectivity index (χ4v) is 2.03. The third-order valence-corrected chi connectivity index (χ3v) is 3.19. The van der Waals surface area contributed by atoms with Gasteiger partial charge in [0.05, 0.1) is 0 Å². The SMILES string of the molecule is CN(C(=O)NCc1ccccc1)[C@H]1CCNC1.Cl. The van der Waals surface area contributed by atoms with Crippen LogP contribution in [0.2, 0.25) is 0 Å². The zero-order valence-corrected chi connectivity index (χ0v) is 11.4. The molecule has 18 heavy (non-hydrogen) atoms. The van der Waals surface area contributed by atoms with Gasteiger partial charge in [0, 0.05) is 26.2 Å². The van der Waals surface area contributed by atoms with E-state index < -0.39 is 0 Å². The first kappa shape index (κ1) is 14.8. The zero-order chi connectivity index (χ0) is 12.1. The Morgan fingerprint density at radius 1 is 1.44 bits per heavy atom. The minimum absolute atomic E-state index is 0. The van der Waals surface area contributed by atoms with Crippen molar-refractivity contribution < 1.29 is 4.79 Å². The van der Waals surface area contributed by atoms with Gasteiger partial charge < -0.3 is 15.5 Å². The fourth-order valence-electron chi connectivity index (χ4n) is 2.03. The predicted octanol–water partition coefficient (Wildman–Crippen LogP) is 1.61. The maximum Gasteiger partial charge on any atom is 0.317 e. The summed E-state index contributed by atoms with van der Waals surface area (Å²) in [4.78, 5) is 13.7. The molecule has 1 aliphatic rings. The molecule has 0 saturated carbocycles. The van der Waals surface area contributed by atoms with Gasteiger partial charge in [-0.3, -0.25) is 0 Å². The fraction of sp³-hybridized carbons (Fsp3) is 0.462. The number of halogens is 1. The lowest BCUT2D eigenvalue weighted by atomic mass is 10.2. The minimum Gasteiger partial charge on any atom is -0.334 e. The quantitative estimate of drug-likeness (QED) is 0.876. The van der Waals surface area contributed by atoms with Crippen LogP contribution in [0.5, 0.6) is 0 Å². The lowest BCUT2D eigenvalue weighted by molar-refractivity contribution is 0.193. The summed E-state index contributed by atoms with van der Waals surface area (Å²) in [5.74, 6) is 0. The van der Waals surface area contributed by atoms with E-state index in [4.69, 9.17) is 0 Å². The molecule has 0 bridgehead atoms. The van der Waals surface area contributed by atoms with E-state index in [-0.39, 0.29) is 18.4 Å². The second-order valence-electron chi connectivity index (χ2n) is 4.40. The van der Waals surface area contributed by atoms with Crippen molar-refractivity contribution in [1.29, 1.82) is 0 Å². The highest BCUT2D eigenvalue weighted by atomic mass is 35.5. The maximum atomic E-state index is 11.9. The van der Waals surface area contributed by atoms with Gasteiger partial charge in [0.1, 0.15) is 0 Å². The Hall–Kier alpha value is -1.26. The first-order valence-electron chi connectivity index (χ1n) is 6.02. The molecular formula is C13H20ClN3O. The van der Waals surface area contributed by atoms with Crippen LogP contribution in [-0.4, -0.2) is 37.1 Å². The second-order valence-corrected chi connectivity index (χ2v) is 4.40. The van der Waals surface area contributed by atoms with E-state index in [1.807, 2.05) is 37.4 Å². The third kappa shape index (κ3) is 3.89. The van der Waals surface area contributed by atoms with Crippen molar-refractivity contribution in [3.63, 3.8) is 0 Å². The predicted molar refractivity (Wildman–Crippen MR) is 75.0 cm³/mol. The molecular weight excluding hydrogens is 250 g/mol. The second kappa shape index (κ2) is 7.24. The van der Waals surface area contributed by atoms with Crippen molar-refractivity contribution in [1.82, 2.24) is 15.5 Å². The Kier molecular flexibility index (Phi) is 5.95. The average molecular weight is 270 g/mol. The van der Waals surface area contributed by atoms with Gasteiger partial charge in [-0.25, -0.2) is 4.79 Å². The van der Waals surface area contributed by atoms with Crippen molar-refractivity contribution in [3.8, 4) is 0 Å². The largest absolute Gasteiger partial charge is 0.334 e. The average Bonchev–Trinajstić information content (AvgIpc) is 2.90. The Morgan fingerprint density at radius 3 is 2.78 bits per heavy atom. The topological polar surface area (TPSA) is 44.4 Å². The molecule has 1 aromatic rings. The number of hydrogen-bond donors (Lipinski definition) is 2. The van der Waals surface area contributed by atoms with Crippen molar-refractivity contribution in [2.45, 2.75) is 19.0 Å². The lowest BCUT2D eigenvalue weighted by Gasteiger charge is -2.24. The molecule has 4 nitrogen and oxygen atoms in total. The van der Waals surface area contributed by atoms with E-state index in [0.717, 1.165) is 25.1 Å². The van der Waals surface area contributed by atoms with Gasteiger partial charge >= 0.3 is 6.03 Å². The van der Waals surface area contributed by atoms with Crippen LogP contribution in [-0.2, 0) is 6.54 Å². The van der Waals surface area contributed by atoms with Gasteiger partial charge in [0.15, 0.2) is 0 Å². The van der Waals surface area contributed by atoms with Crippen LogP contribution in [0, 0.1) is 0 Å². The monoisotopic (exact) mass is 269 g/mol. The summed E-state index contributed by atoms with van der Waals surface area (Å²) in [5, 5.41) is 6.20. The highest BCUT2D eigenvalue weighted by molar-refractivity contribution is 5.85. The van der Waals surface area contributed by atoms with E-state index in [2.05, 4.69) is 10.6 Å². The summed E-state index contributed by atoms with van der Waals surface area (Å²) in [7, 11) is 1.86. The zero-order valence-electron chi connectivity index (χ0n) is 10.6. The molecule has 0 spiro atoms. The number of likely N-dealkylation sites (N-methyl/N-ethyl adjacent to an activating group) is 1. The van der Waals surface area contributed by atoms with Gasteiger partial charge in [-0.15, -0.1) is 12.4 Å². The maximum absolute atomic E-state index is 11.9. The van der Waals surface area contributed by atoms with Crippen LogP contribution >= 0.6 is 12.4 Å². The van der Waals surface area contributed by atoms with Gasteiger partial charge in [-0.2, -0.15) is 0 Å². The molecule has 2 rings (SSSR count). The molecule has 0 aliphatic carbocycles. The summed E-state index contributed by atoms with van der Waals surface area (Å²) < 4.78 is 0. The van der Waals surface area contributed by atoms with Crippen LogP contribution < -0.4 is 10.6 Å². The third-order valence-electron chi connectivity index (χ3n) is 3.19. The van der Waals surface area contributed by atoms with E-state index >= 15 is 0 Å². The lowest BCUT2D eigenvalue weighted by Crippen LogP contribution is -2.44. The number of benzene rings is 1. The molecule has 1 aromatic carbocycles. The molecule has 0 radical (unpaired) electrons. The van der Waals surface area contributed by atoms with Crippen LogP contribution in [0.15, 0.2) is 30.3 Å². The van der Waals surface area contributed by atoms with Gasteiger partial charge in [0.25, 0.3) is 0 Å². The minimum atomic E-state index is 0. The first-order chi connectivity index (χ1) is 8.27. The molecule has 2 N–H and O–H groups in total. The summed E-state index contributed by atoms with van der Waals surface area (Å²) in [6, 6.07) is 10.3. The van der Waals surface area contributed by atoms with Crippen molar-refractivity contribution in [2.75, 3.05) is 20.1 Å². The molecule has 1 fully saturated rings. The van der Waals surface area contributed by atoms with Crippen molar-refractivity contribution in [3.05, 3.63) is 35.9 Å². The molecule has 100 valence electrons. The number of carbonyl (C=O) groups is 1. The van der Waals surface area contributed by atoms with Gasteiger partial charge in [-0.1, -0.05) is 30.3 Å². The summed E-state index contributed by atoms with van der Waals surface area (Å²) in [6.45, 7) is 2.49. The van der Waals surface area contributed by atoms with E-state index in [1.54, 1.807) is 4.90 Å². The van der Waals surface area contributed by atoms with Crippen LogP contribution in [0.25, 0.3) is 0 Å². The summed E-state index contributed by atoms with van der Waals surface area (Å²) in [5.41, 5.74) is 1.12. The molecule has 1 aliphatic heterocycles. The van der Waals surface area contributed by atoms with Crippen molar-refractivity contribution >= 4 is 18.4 Å². The highest BCUT2D eigenvalue weighted by Crippen LogP contribution is 2.06. The number of carbonyl (C=O) groups excluding carboxylic acids is 1. The molecule has 1 atom stereocenters. The van der Waals surface area contributed by atoms with E-state index in [9.17, 15) is 4.79 Å². The number of hydrogen-bond acceptors (Lipinski definition) is 2. The molecule has 1 heterocycles. The Balaban J connectivity index is 0.00000162. The smallest absolute Gasteiger partial charge is 0.317 e. The van der Waals surface area contributed by atoms with Gasteiger partial charge in [-0.05, 0) is 18.5 Å². The Morgan fingerprint density at radius 2 is 2.17 bits per heavy atom. The normalized spacial score (nSPS) is 17.9. The first-order valence-corrected chi connectivity index (χ1v) is 6.02. The number of nitrogens with zero attached hydrogens (tertiary/aromatic N) is 1. The highest BCUT2D eigenvalue weighted by Gasteiger charge is 2.22. The molecule has 1 saturated heterocycles. The number of rotatable bonds is 3. The summed E-state index contributed by atoms with van der Waals surface area (Å²) >= 11 is 0. The van der Waals surface area contributed by atoms with Crippen LogP contribution in [0.1, 0.15) is 12.0 Å². The van der Waals surface area contributed by atoms with Crippen molar-refractivity contribution in [2.24, 2.45) is 0 Å². The van der Waals surface area contributed by atoms with E-state index in [1.165, 1.54) is 0 Å². The standard InChI is InChI=1S/C13H19N3O.ClH/c1-16(12-7-8-14-10-12)13(17)15-9-11-5-3-2-4-6-11;/h2-6,12,14H,7-10H2,1H3,(H,15,17);1H/t12-;/m0./s1. The van der Waals surface area contributed by atoms with E-state index in [0.29, 0.717) is 12.6 Å². The number of amides is 2. The Labute approximate surface area is 114 Å². The Bertz CT molecular complexity index is 366. The molecule has 5 heteroatoms. The number of urea groups is 1. The molecule has 0 unspecified atom stereocenters. The van der Waals surface area contributed by atoms with Gasteiger partial charge in [0.2, 0.25) is 0 Å². The summed E-state index contributed by atoms with van der Waals surface area (Å²) in [6.07, 6.45) is 1.04. The molecule has 2 amide bonds. The number of nitrogens with one attached hydrogen (secondary N) is 2.